The molecule has 1 aromatic carbocycles. The van der Waals surface area contributed by atoms with Crippen molar-refractivity contribution in [3.8, 4) is 0 Å². The molecule has 0 aliphatic carbocycles. The van der Waals surface area contributed by atoms with Gasteiger partial charge >= 0.3 is 0 Å². The lowest BCUT2D eigenvalue weighted by atomic mass is 9.94. The Morgan fingerprint density at radius 1 is 1.31 bits per heavy atom. The molecule has 0 amide bonds. The van der Waals surface area contributed by atoms with Gasteiger partial charge in [0, 0.05) is 24.5 Å². The van der Waals surface area contributed by atoms with Crippen molar-refractivity contribution in [2.75, 3.05) is 23.7 Å². The number of nitrogens with zero attached hydrogens (tertiary/aromatic N) is 1. The van der Waals surface area contributed by atoms with E-state index in [9.17, 15) is 0 Å². The summed E-state index contributed by atoms with van der Waals surface area (Å²) >= 11 is 0. The Kier molecular flexibility index (Phi) is 3.37. The van der Waals surface area contributed by atoms with Gasteiger partial charge in [-0.3, -0.25) is 0 Å². The van der Waals surface area contributed by atoms with E-state index in [2.05, 4.69) is 30.9 Å². The molecule has 0 aromatic heterocycles. The minimum Gasteiger partial charge on any atom is -0.399 e. The summed E-state index contributed by atoms with van der Waals surface area (Å²) in [6.07, 6.45) is 4.00. The van der Waals surface area contributed by atoms with Crippen molar-refractivity contribution >= 4 is 11.4 Å². The van der Waals surface area contributed by atoms with Crippen LogP contribution in [0.5, 0.6) is 0 Å². The summed E-state index contributed by atoms with van der Waals surface area (Å²) in [4.78, 5) is 2.50. The Balaban J connectivity index is 2.08. The summed E-state index contributed by atoms with van der Waals surface area (Å²) in [7, 11) is 0. The average molecular weight is 218 g/mol. The zero-order valence-electron chi connectivity index (χ0n) is 10.4. The van der Waals surface area contributed by atoms with Crippen molar-refractivity contribution < 1.29 is 0 Å². The molecule has 1 saturated heterocycles. The zero-order valence-corrected chi connectivity index (χ0v) is 10.4. The first-order valence-electron chi connectivity index (χ1n) is 6.31. The summed E-state index contributed by atoms with van der Waals surface area (Å²) in [5, 5.41) is 0. The number of piperidine rings is 1. The molecule has 1 aromatic rings. The molecule has 1 aliphatic heterocycles. The third-order valence-electron chi connectivity index (χ3n) is 3.75. The predicted octanol–water partition coefficient (Wildman–Crippen LogP) is 3.20. The topological polar surface area (TPSA) is 29.3 Å². The molecular formula is C14H22N2. The van der Waals surface area contributed by atoms with Crippen LogP contribution in [0.4, 0.5) is 11.4 Å². The van der Waals surface area contributed by atoms with Crippen LogP contribution in [0.3, 0.4) is 0 Å². The number of aryl methyl sites for hydroxylation is 1. The minimum absolute atomic E-state index is 0.865. The van der Waals surface area contributed by atoms with Gasteiger partial charge in [-0.15, -0.1) is 0 Å². The van der Waals surface area contributed by atoms with Crippen molar-refractivity contribution in [2.24, 2.45) is 5.92 Å². The summed E-state index contributed by atoms with van der Waals surface area (Å²) in [6.45, 7) is 6.85. The summed E-state index contributed by atoms with van der Waals surface area (Å²) in [5.41, 5.74) is 9.31. The Morgan fingerprint density at radius 3 is 2.56 bits per heavy atom. The van der Waals surface area contributed by atoms with Crippen LogP contribution in [-0.4, -0.2) is 13.1 Å². The third-order valence-corrected chi connectivity index (χ3v) is 3.75. The van der Waals surface area contributed by atoms with E-state index < -0.39 is 0 Å². The molecule has 88 valence electrons. The summed E-state index contributed by atoms with van der Waals surface area (Å²) < 4.78 is 0. The molecule has 0 spiro atoms. The number of hydrogen-bond donors (Lipinski definition) is 1. The van der Waals surface area contributed by atoms with Crippen LogP contribution < -0.4 is 10.6 Å². The molecule has 16 heavy (non-hydrogen) atoms. The fourth-order valence-corrected chi connectivity index (χ4v) is 2.62. The lowest BCUT2D eigenvalue weighted by Gasteiger charge is -2.34. The SMILES string of the molecule is CCC1CCN(c2ccc(N)cc2C)CC1. The predicted molar refractivity (Wildman–Crippen MR) is 70.8 cm³/mol. The van der Waals surface area contributed by atoms with Crippen molar-refractivity contribution in [2.45, 2.75) is 33.1 Å². The van der Waals surface area contributed by atoms with Gasteiger partial charge in [0.05, 0.1) is 0 Å². The van der Waals surface area contributed by atoms with Gasteiger partial charge in [0.2, 0.25) is 0 Å². The van der Waals surface area contributed by atoms with E-state index in [1.807, 2.05) is 6.07 Å². The lowest BCUT2D eigenvalue weighted by Crippen LogP contribution is -2.33. The average Bonchev–Trinajstić information content (AvgIpc) is 2.29. The first-order valence-corrected chi connectivity index (χ1v) is 6.31. The monoisotopic (exact) mass is 218 g/mol. The van der Waals surface area contributed by atoms with Crippen LogP contribution in [0, 0.1) is 12.8 Å². The third kappa shape index (κ3) is 2.31. The highest BCUT2D eigenvalue weighted by atomic mass is 15.1. The quantitative estimate of drug-likeness (QED) is 0.772. The highest BCUT2D eigenvalue weighted by molar-refractivity contribution is 5.59. The van der Waals surface area contributed by atoms with Gasteiger partial charge in [-0.2, -0.15) is 0 Å². The molecule has 2 rings (SSSR count). The number of anilines is 2. The van der Waals surface area contributed by atoms with Crippen LogP contribution in [0.25, 0.3) is 0 Å². The fraction of sp³-hybridized carbons (Fsp3) is 0.571. The molecule has 2 heteroatoms. The second-order valence-corrected chi connectivity index (χ2v) is 4.88. The van der Waals surface area contributed by atoms with Gasteiger partial charge in [0.25, 0.3) is 0 Å². The Hall–Kier alpha value is -1.18. The highest BCUT2D eigenvalue weighted by Crippen LogP contribution is 2.28. The number of hydrogen-bond acceptors (Lipinski definition) is 2. The molecule has 0 unspecified atom stereocenters. The van der Waals surface area contributed by atoms with Crippen LogP contribution in [-0.2, 0) is 0 Å². The summed E-state index contributed by atoms with van der Waals surface area (Å²) in [6, 6.07) is 6.24. The molecule has 0 saturated carbocycles. The van der Waals surface area contributed by atoms with Gasteiger partial charge in [0.1, 0.15) is 0 Å². The van der Waals surface area contributed by atoms with Crippen molar-refractivity contribution in [3.63, 3.8) is 0 Å². The zero-order chi connectivity index (χ0) is 11.5. The molecule has 2 N–H and O–H groups in total. The van der Waals surface area contributed by atoms with Gasteiger partial charge in [-0.05, 0) is 49.4 Å². The molecule has 0 bridgehead atoms. The molecule has 0 atom stereocenters. The Bertz CT molecular complexity index is 352. The van der Waals surface area contributed by atoms with Crippen LogP contribution >= 0.6 is 0 Å². The molecule has 1 heterocycles. The van der Waals surface area contributed by atoms with Crippen molar-refractivity contribution in [3.05, 3.63) is 23.8 Å². The molecule has 0 radical (unpaired) electrons. The van der Waals surface area contributed by atoms with E-state index in [4.69, 9.17) is 5.73 Å². The number of benzene rings is 1. The second-order valence-electron chi connectivity index (χ2n) is 4.88. The van der Waals surface area contributed by atoms with E-state index in [1.165, 1.54) is 43.6 Å². The molecule has 1 fully saturated rings. The molecule has 2 nitrogen and oxygen atoms in total. The largest absolute Gasteiger partial charge is 0.399 e. The molecule has 1 aliphatic rings. The number of rotatable bonds is 2. The van der Waals surface area contributed by atoms with E-state index in [1.54, 1.807) is 0 Å². The highest BCUT2D eigenvalue weighted by Gasteiger charge is 2.18. The maximum absolute atomic E-state index is 5.78. The van der Waals surface area contributed by atoms with Crippen LogP contribution in [0.15, 0.2) is 18.2 Å². The normalized spacial score (nSPS) is 17.8. The van der Waals surface area contributed by atoms with Crippen molar-refractivity contribution in [1.82, 2.24) is 0 Å². The van der Waals surface area contributed by atoms with Gasteiger partial charge in [-0.1, -0.05) is 13.3 Å². The smallest absolute Gasteiger partial charge is 0.0397 e. The Morgan fingerprint density at radius 2 is 2.00 bits per heavy atom. The van der Waals surface area contributed by atoms with E-state index >= 15 is 0 Å². The van der Waals surface area contributed by atoms with Crippen LogP contribution in [0.1, 0.15) is 31.7 Å². The van der Waals surface area contributed by atoms with Gasteiger partial charge < -0.3 is 10.6 Å². The fourth-order valence-electron chi connectivity index (χ4n) is 2.62. The van der Waals surface area contributed by atoms with E-state index in [-0.39, 0.29) is 0 Å². The number of nitrogens with two attached hydrogens (primary N) is 1. The number of nitrogen functional groups attached to an aromatic ring is 1. The van der Waals surface area contributed by atoms with E-state index in [0.717, 1.165) is 11.6 Å². The van der Waals surface area contributed by atoms with Crippen LogP contribution in [0.2, 0.25) is 0 Å². The van der Waals surface area contributed by atoms with Gasteiger partial charge in [-0.25, -0.2) is 0 Å². The standard InChI is InChI=1S/C14H22N2/c1-3-12-6-8-16(9-7-12)14-5-4-13(15)10-11(14)2/h4-5,10,12H,3,6-9,15H2,1-2H3. The molecular weight excluding hydrogens is 196 g/mol. The summed E-state index contributed by atoms with van der Waals surface area (Å²) in [5.74, 6) is 0.935. The first-order chi connectivity index (χ1) is 7.70. The van der Waals surface area contributed by atoms with E-state index in [0.29, 0.717) is 0 Å². The Labute approximate surface area is 98.4 Å². The maximum atomic E-state index is 5.78. The lowest BCUT2D eigenvalue weighted by molar-refractivity contribution is 0.395. The first kappa shape index (κ1) is 11.3. The van der Waals surface area contributed by atoms with Gasteiger partial charge in [0.15, 0.2) is 0 Å². The maximum Gasteiger partial charge on any atom is 0.0397 e. The van der Waals surface area contributed by atoms with Crippen molar-refractivity contribution in [1.29, 1.82) is 0 Å². The second kappa shape index (κ2) is 4.77. The minimum atomic E-state index is 0.865.